The van der Waals surface area contributed by atoms with E-state index in [-0.39, 0.29) is 18.2 Å². The van der Waals surface area contributed by atoms with Crippen LogP contribution in [0.1, 0.15) is 27.3 Å². The summed E-state index contributed by atoms with van der Waals surface area (Å²) in [6, 6.07) is 12.7. The average molecular weight is 414 g/mol. The molecule has 3 rings (SSSR count). The van der Waals surface area contributed by atoms with Crippen molar-refractivity contribution in [3.05, 3.63) is 81.9 Å². The van der Waals surface area contributed by atoms with Gasteiger partial charge in [0.25, 0.3) is 5.91 Å². The normalized spacial score (nSPS) is 11.4. The van der Waals surface area contributed by atoms with Gasteiger partial charge < -0.3 is 5.32 Å². The van der Waals surface area contributed by atoms with E-state index in [0.717, 1.165) is 17.0 Å². The number of halogens is 2. The van der Waals surface area contributed by atoms with Crippen LogP contribution in [0.2, 0.25) is 5.02 Å². The molecule has 1 amide bonds. The van der Waals surface area contributed by atoms with E-state index in [1.807, 2.05) is 20.9 Å². The molecule has 1 aromatic heterocycles. The predicted molar refractivity (Wildman–Crippen MR) is 113 cm³/mol. The number of carbonyl (C=O) groups is 1. The number of guanidine groups is 1. The average Bonchev–Trinajstić information content (AvgIpc) is 2.93. The fraction of sp³-hybridized carbons (Fsp3) is 0.190. The van der Waals surface area contributed by atoms with Gasteiger partial charge in [0.2, 0.25) is 5.96 Å². The summed E-state index contributed by atoms with van der Waals surface area (Å²) in [5, 5.41) is 10.4. The van der Waals surface area contributed by atoms with Crippen LogP contribution in [0, 0.1) is 19.7 Å². The van der Waals surface area contributed by atoms with Crippen molar-refractivity contribution in [2.45, 2.75) is 20.4 Å². The number of aryl methyl sites for hydroxylation is 2. The first-order chi connectivity index (χ1) is 13.8. The zero-order valence-electron chi connectivity index (χ0n) is 16.3. The molecular formula is C21H21ClFN5O. The maximum absolute atomic E-state index is 14.1. The third-order valence-corrected chi connectivity index (χ3v) is 4.73. The van der Waals surface area contributed by atoms with Crippen LogP contribution in [0.3, 0.4) is 0 Å². The number of rotatable bonds is 4. The van der Waals surface area contributed by atoms with E-state index in [2.05, 4.69) is 20.7 Å². The Kier molecular flexibility index (Phi) is 6.29. The Bertz CT molecular complexity index is 1080. The van der Waals surface area contributed by atoms with Crippen molar-refractivity contribution < 1.29 is 9.18 Å². The molecule has 0 aliphatic rings. The lowest BCUT2D eigenvalue weighted by molar-refractivity contribution is 0.0977. The van der Waals surface area contributed by atoms with Crippen LogP contribution in [-0.4, -0.2) is 21.6 Å². The first-order valence-electron chi connectivity index (χ1n) is 8.97. The Morgan fingerprint density at radius 2 is 1.97 bits per heavy atom. The summed E-state index contributed by atoms with van der Waals surface area (Å²) < 4.78 is 15.9. The van der Waals surface area contributed by atoms with Gasteiger partial charge in [-0.3, -0.25) is 14.8 Å². The van der Waals surface area contributed by atoms with E-state index < -0.39 is 11.7 Å². The topological polar surface area (TPSA) is 71.3 Å². The lowest BCUT2D eigenvalue weighted by atomic mass is 10.2. The summed E-state index contributed by atoms with van der Waals surface area (Å²) in [7, 11) is 1.86. The van der Waals surface area contributed by atoms with Crippen molar-refractivity contribution in [2.24, 2.45) is 12.0 Å². The second-order valence-electron chi connectivity index (χ2n) is 6.51. The number of anilines is 1. The number of hydrogen-bond acceptors (Lipinski definition) is 3. The molecule has 29 heavy (non-hydrogen) atoms. The van der Waals surface area contributed by atoms with Gasteiger partial charge in [-0.05, 0) is 44.2 Å². The number of amides is 1. The van der Waals surface area contributed by atoms with Crippen LogP contribution in [-0.2, 0) is 13.6 Å². The van der Waals surface area contributed by atoms with Crippen LogP contribution in [0.15, 0.2) is 53.5 Å². The van der Waals surface area contributed by atoms with Gasteiger partial charge in [0.05, 0.1) is 17.9 Å². The monoisotopic (exact) mass is 413 g/mol. The van der Waals surface area contributed by atoms with Crippen LogP contribution < -0.4 is 10.6 Å². The van der Waals surface area contributed by atoms with Gasteiger partial charge in [-0.25, -0.2) is 9.38 Å². The summed E-state index contributed by atoms with van der Waals surface area (Å²) in [5.41, 5.74) is 3.33. The molecule has 8 heteroatoms. The molecule has 0 fully saturated rings. The van der Waals surface area contributed by atoms with Gasteiger partial charge in [0.1, 0.15) is 5.82 Å². The van der Waals surface area contributed by atoms with E-state index in [1.54, 1.807) is 47.1 Å². The van der Waals surface area contributed by atoms with Gasteiger partial charge in [-0.15, -0.1) is 0 Å². The molecule has 3 aromatic rings. The molecule has 0 saturated heterocycles. The van der Waals surface area contributed by atoms with E-state index in [9.17, 15) is 9.18 Å². The first kappa shape index (κ1) is 20.5. The number of carbonyl (C=O) groups excluding carboxylic acids is 1. The van der Waals surface area contributed by atoms with Crippen LogP contribution in [0.4, 0.5) is 10.1 Å². The number of para-hydroxylation sites is 1. The minimum absolute atomic E-state index is 0.128. The number of aromatic nitrogens is 2. The van der Waals surface area contributed by atoms with Crippen LogP contribution >= 0.6 is 11.6 Å². The molecule has 0 unspecified atom stereocenters. The van der Waals surface area contributed by atoms with Crippen molar-refractivity contribution in [1.29, 1.82) is 0 Å². The highest BCUT2D eigenvalue weighted by molar-refractivity contribution is 6.31. The molecule has 2 N–H and O–H groups in total. The highest BCUT2D eigenvalue weighted by Gasteiger charge is 2.13. The molecule has 0 radical (unpaired) electrons. The smallest absolute Gasteiger partial charge is 0.258 e. The number of hydrogen-bond donors (Lipinski definition) is 2. The van der Waals surface area contributed by atoms with Crippen LogP contribution in [0.5, 0.6) is 0 Å². The standard InChI is InChI=1S/C21H21ClFN5O/c1-13-17(14(2)28(3)27-13)12-24-21(25-19-10-5-4-9-18(19)23)26-20(29)15-7-6-8-16(22)11-15/h4-11H,12H2,1-3H3,(H2,24,25,26,29). The molecule has 0 spiro atoms. The Hall–Kier alpha value is -3.19. The molecule has 1 heterocycles. The zero-order chi connectivity index (χ0) is 21.0. The highest BCUT2D eigenvalue weighted by atomic mass is 35.5. The number of nitrogens with one attached hydrogen (secondary N) is 2. The van der Waals surface area contributed by atoms with E-state index in [0.29, 0.717) is 10.6 Å². The SMILES string of the molecule is Cc1nn(C)c(C)c1CN=C(NC(=O)c1cccc(Cl)c1)Nc1ccccc1F. The van der Waals surface area contributed by atoms with E-state index in [1.165, 1.54) is 6.07 Å². The third-order valence-electron chi connectivity index (χ3n) is 4.50. The molecule has 2 aromatic carbocycles. The molecule has 0 aliphatic heterocycles. The molecule has 0 aliphatic carbocycles. The fourth-order valence-electron chi connectivity index (χ4n) is 2.81. The Labute approximate surface area is 173 Å². The van der Waals surface area contributed by atoms with Crippen molar-refractivity contribution in [2.75, 3.05) is 5.32 Å². The second-order valence-corrected chi connectivity index (χ2v) is 6.94. The summed E-state index contributed by atoms with van der Waals surface area (Å²) in [4.78, 5) is 17.1. The largest absolute Gasteiger partial charge is 0.323 e. The van der Waals surface area contributed by atoms with Gasteiger partial charge in [0.15, 0.2) is 0 Å². The third kappa shape index (κ3) is 5.00. The number of nitrogens with zero attached hydrogens (tertiary/aromatic N) is 3. The predicted octanol–water partition coefficient (Wildman–Crippen LogP) is 4.23. The molecule has 0 bridgehead atoms. The highest BCUT2D eigenvalue weighted by Crippen LogP contribution is 2.15. The molecule has 6 nitrogen and oxygen atoms in total. The molecule has 0 saturated carbocycles. The van der Waals surface area contributed by atoms with Crippen molar-refractivity contribution in [1.82, 2.24) is 15.1 Å². The lowest BCUT2D eigenvalue weighted by Gasteiger charge is -2.13. The summed E-state index contributed by atoms with van der Waals surface area (Å²) >= 11 is 5.97. The van der Waals surface area contributed by atoms with Crippen LogP contribution in [0.25, 0.3) is 0 Å². The molecule has 0 atom stereocenters. The Morgan fingerprint density at radius 3 is 2.62 bits per heavy atom. The van der Waals surface area contributed by atoms with E-state index >= 15 is 0 Å². The number of benzene rings is 2. The second kappa shape index (κ2) is 8.87. The summed E-state index contributed by atoms with van der Waals surface area (Å²) in [5.74, 6) is -0.733. The summed E-state index contributed by atoms with van der Waals surface area (Å²) in [6.45, 7) is 4.11. The van der Waals surface area contributed by atoms with E-state index in [4.69, 9.17) is 11.6 Å². The quantitative estimate of drug-likeness (QED) is 0.496. The van der Waals surface area contributed by atoms with Crippen molar-refractivity contribution in [3.63, 3.8) is 0 Å². The van der Waals surface area contributed by atoms with Crippen molar-refractivity contribution >= 4 is 29.2 Å². The van der Waals surface area contributed by atoms with Gasteiger partial charge in [-0.2, -0.15) is 5.10 Å². The molecule has 150 valence electrons. The first-order valence-corrected chi connectivity index (χ1v) is 9.35. The van der Waals surface area contributed by atoms with Gasteiger partial charge in [-0.1, -0.05) is 29.8 Å². The Morgan fingerprint density at radius 1 is 1.21 bits per heavy atom. The maximum atomic E-state index is 14.1. The fourth-order valence-corrected chi connectivity index (χ4v) is 3.00. The number of aliphatic imine (C=N–C) groups is 1. The minimum atomic E-state index is -0.453. The Balaban J connectivity index is 1.88. The van der Waals surface area contributed by atoms with Crippen molar-refractivity contribution in [3.8, 4) is 0 Å². The zero-order valence-corrected chi connectivity index (χ0v) is 17.1. The molecular weight excluding hydrogens is 393 g/mol. The lowest BCUT2D eigenvalue weighted by Crippen LogP contribution is -2.36. The summed E-state index contributed by atoms with van der Waals surface area (Å²) in [6.07, 6.45) is 0. The minimum Gasteiger partial charge on any atom is -0.323 e. The maximum Gasteiger partial charge on any atom is 0.258 e. The van der Waals surface area contributed by atoms with Gasteiger partial charge in [0, 0.05) is 28.9 Å². The van der Waals surface area contributed by atoms with Gasteiger partial charge >= 0.3 is 0 Å².